The molecule has 0 spiro atoms. The van der Waals surface area contributed by atoms with E-state index in [1.54, 1.807) is 6.07 Å². The van der Waals surface area contributed by atoms with Crippen molar-refractivity contribution >= 4 is 10.0 Å². The number of aliphatic hydroxyl groups excluding tert-OH is 1. The van der Waals surface area contributed by atoms with Crippen molar-refractivity contribution in [1.29, 1.82) is 0 Å². The van der Waals surface area contributed by atoms with E-state index < -0.39 is 16.7 Å². The van der Waals surface area contributed by atoms with Crippen LogP contribution in [-0.4, -0.2) is 26.7 Å². The zero-order valence-electron chi connectivity index (χ0n) is 9.61. The van der Waals surface area contributed by atoms with Crippen LogP contribution in [0.15, 0.2) is 23.1 Å². The maximum Gasteiger partial charge on any atom is 0.240 e. The first kappa shape index (κ1) is 14.1. The van der Waals surface area contributed by atoms with Crippen molar-refractivity contribution in [1.82, 2.24) is 4.72 Å². The molecular weight excluding hydrogens is 245 g/mol. The highest BCUT2D eigenvalue weighted by Crippen LogP contribution is 2.16. The summed E-state index contributed by atoms with van der Waals surface area (Å²) >= 11 is 0. The lowest BCUT2D eigenvalue weighted by atomic mass is 10.1. The highest BCUT2D eigenvalue weighted by atomic mass is 32.2. The van der Waals surface area contributed by atoms with Crippen molar-refractivity contribution in [3.8, 4) is 0 Å². The molecule has 4 nitrogen and oxygen atoms in total. The number of nitrogens with one attached hydrogen (secondary N) is 1. The van der Waals surface area contributed by atoms with E-state index >= 15 is 0 Å². The van der Waals surface area contributed by atoms with E-state index in [1.165, 1.54) is 12.1 Å². The molecule has 0 saturated heterocycles. The number of alkyl halides is 1. The maximum absolute atomic E-state index is 11.9. The van der Waals surface area contributed by atoms with E-state index in [4.69, 9.17) is 5.11 Å². The van der Waals surface area contributed by atoms with Gasteiger partial charge in [0, 0.05) is 6.54 Å². The summed E-state index contributed by atoms with van der Waals surface area (Å²) in [6.07, 6.45) is 0.716. The van der Waals surface area contributed by atoms with Crippen LogP contribution in [0.2, 0.25) is 0 Å². The smallest absolute Gasteiger partial charge is 0.240 e. The molecule has 0 aromatic heterocycles. The van der Waals surface area contributed by atoms with Crippen LogP contribution in [0.5, 0.6) is 0 Å². The number of hydrogen-bond donors (Lipinski definition) is 2. The predicted octanol–water partition coefficient (Wildman–Crippen LogP) is 0.989. The number of aliphatic hydroxyl groups is 1. The second-order valence-electron chi connectivity index (χ2n) is 3.53. The van der Waals surface area contributed by atoms with Gasteiger partial charge in [0.2, 0.25) is 10.0 Å². The zero-order chi connectivity index (χ0) is 12.9. The second kappa shape index (κ2) is 6.09. The minimum atomic E-state index is -3.68. The van der Waals surface area contributed by atoms with Crippen molar-refractivity contribution in [2.45, 2.75) is 24.8 Å². The van der Waals surface area contributed by atoms with Crippen molar-refractivity contribution in [3.63, 3.8) is 0 Å². The third kappa shape index (κ3) is 3.49. The quantitative estimate of drug-likeness (QED) is 0.802. The molecule has 6 heteroatoms. The molecule has 17 heavy (non-hydrogen) atoms. The van der Waals surface area contributed by atoms with E-state index in [1.807, 2.05) is 6.92 Å². The average molecular weight is 261 g/mol. The Morgan fingerprint density at radius 2 is 2.06 bits per heavy atom. The maximum atomic E-state index is 11.9. The summed E-state index contributed by atoms with van der Waals surface area (Å²) in [6.45, 7) is 0.713. The molecule has 0 atom stereocenters. The highest BCUT2D eigenvalue weighted by Gasteiger charge is 2.14. The number of halogens is 1. The van der Waals surface area contributed by atoms with Crippen molar-refractivity contribution in [3.05, 3.63) is 29.3 Å². The lowest BCUT2D eigenvalue weighted by Gasteiger charge is -2.09. The molecule has 0 aliphatic carbocycles. The van der Waals surface area contributed by atoms with Gasteiger partial charge in [0.05, 0.1) is 11.5 Å². The predicted molar refractivity (Wildman–Crippen MR) is 62.9 cm³/mol. The Morgan fingerprint density at radius 3 is 2.59 bits per heavy atom. The molecule has 0 saturated carbocycles. The van der Waals surface area contributed by atoms with Crippen LogP contribution in [-0.2, 0) is 23.1 Å². The standard InChI is InChI=1S/C11H16FNO3S/c1-2-9-3-4-11(7-10(9)8-14)17(15,16)13-6-5-12/h3-4,7,13-14H,2,5-6,8H2,1H3. The van der Waals surface area contributed by atoms with E-state index in [0.29, 0.717) is 12.0 Å². The van der Waals surface area contributed by atoms with Crippen LogP contribution < -0.4 is 4.72 Å². The van der Waals surface area contributed by atoms with Gasteiger partial charge in [-0.25, -0.2) is 17.5 Å². The Morgan fingerprint density at radius 1 is 1.35 bits per heavy atom. The van der Waals surface area contributed by atoms with Gasteiger partial charge in [-0.3, -0.25) is 0 Å². The molecule has 0 radical (unpaired) electrons. The summed E-state index contributed by atoms with van der Waals surface area (Å²) in [5.41, 5.74) is 1.48. The summed E-state index contributed by atoms with van der Waals surface area (Å²) in [7, 11) is -3.68. The number of aryl methyl sites for hydroxylation is 1. The Bertz CT molecular complexity index is 474. The van der Waals surface area contributed by atoms with E-state index in [2.05, 4.69) is 4.72 Å². The largest absolute Gasteiger partial charge is 0.392 e. The molecule has 2 N–H and O–H groups in total. The van der Waals surface area contributed by atoms with Crippen molar-refractivity contribution < 1.29 is 17.9 Å². The van der Waals surface area contributed by atoms with Gasteiger partial charge in [-0.05, 0) is 29.7 Å². The van der Waals surface area contributed by atoms with E-state index in [-0.39, 0.29) is 18.0 Å². The highest BCUT2D eigenvalue weighted by molar-refractivity contribution is 7.89. The van der Waals surface area contributed by atoms with Crippen molar-refractivity contribution in [2.24, 2.45) is 0 Å². The minimum absolute atomic E-state index is 0.0483. The summed E-state index contributed by atoms with van der Waals surface area (Å²) in [5, 5.41) is 9.14. The van der Waals surface area contributed by atoms with Crippen LogP contribution in [0.1, 0.15) is 18.1 Å². The fourth-order valence-corrected chi connectivity index (χ4v) is 2.57. The molecule has 0 aliphatic rings. The van der Waals surface area contributed by atoms with Gasteiger partial charge in [-0.15, -0.1) is 0 Å². The second-order valence-corrected chi connectivity index (χ2v) is 5.30. The van der Waals surface area contributed by atoms with E-state index in [9.17, 15) is 12.8 Å². The first-order valence-corrected chi connectivity index (χ1v) is 6.81. The molecule has 0 fully saturated rings. The van der Waals surface area contributed by atoms with Gasteiger partial charge in [0.15, 0.2) is 0 Å². The first-order chi connectivity index (χ1) is 8.05. The van der Waals surface area contributed by atoms with E-state index in [0.717, 1.165) is 5.56 Å². The molecular formula is C11H16FNO3S. The Hall–Kier alpha value is -0.980. The van der Waals surface area contributed by atoms with Crippen LogP contribution in [0, 0.1) is 0 Å². The third-order valence-electron chi connectivity index (χ3n) is 2.43. The summed E-state index contributed by atoms with van der Waals surface area (Å²) < 4.78 is 37.5. The van der Waals surface area contributed by atoms with Crippen LogP contribution in [0.3, 0.4) is 0 Å². The molecule has 1 rings (SSSR count). The Kier molecular flexibility index (Phi) is 5.04. The molecule has 0 aliphatic heterocycles. The van der Waals surface area contributed by atoms with Crippen LogP contribution in [0.4, 0.5) is 4.39 Å². The fraction of sp³-hybridized carbons (Fsp3) is 0.455. The Balaban J connectivity index is 3.07. The average Bonchev–Trinajstić information content (AvgIpc) is 2.35. The van der Waals surface area contributed by atoms with Gasteiger partial charge in [0.1, 0.15) is 6.67 Å². The first-order valence-electron chi connectivity index (χ1n) is 5.33. The fourth-order valence-electron chi connectivity index (χ4n) is 1.52. The lowest BCUT2D eigenvalue weighted by Crippen LogP contribution is -2.26. The zero-order valence-corrected chi connectivity index (χ0v) is 10.4. The van der Waals surface area contributed by atoms with Gasteiger partial charge in [-0.1, -0.05) is 13.0 Å². The molecule has 0 heterocycles. The Labute approximate surface area is 101 Å². The normalized spacial score (nSPS) is 11.7. The minimum Gasteiger partial charge on any atom is -0.392 e. The number of benzene rings is 1. The molecule has 0 unspecified atom stereocenters. The van der Waals surface area contributed by atoms with Crippen molar-refractivity contribution in [2.75, 3.05) is 13.2 Å². The van der Waals surface area contributed by atoms with Gasteiger partial charge < -0.3 is 5.11 Å². The molecule has 0 bridgehead atoms. The molecule has 1 aromatic rings. The number of hydrogen-bond acceptors (Lipinski definition) is 3. The molecule has 0 amide bonds. The summed E-state index contributed by atoms with van der Waals surface area (Å²) in [6, 6.07) is 4.54. The summed E-state index contributed by atoms with van der Waals surface area (Å²) in [4.78, 5) is 0.0483. The SMILES string of the molecule is CCc1ccc(S(=O)(=O)NCCF)cc1CO. The number of rotatable bonds is 6. The van der Waals surface area contributed by atoms with Crippen LogP contribution >= 0.6 is 0 Å². The molecule has 1 aromatic carbocycles. The van der Waals surface area contributed by atoms with Crippen LogP contribution in [0.25, 0.3) is 0 Å². The third-order valence-corrected chi connectivity index (χ3v) is 3.88. The monoisotopic (exact) mass is 261 g/mol. The van der Waals surface area contributed by atoms with Gasteiger partial charge in [-0.2, -0.15) is 0 Å². The summed E-state index contributed by atoms with van der Waals surface area (Å²) in [5.74, 6) is 0. The topological polar surface area (TPSA) is 66.4 Å². The lowest BCUT2D eigenvalue weighted by molar-refractivity contribution is 0.280. The number of sulfonamides is 1. The van der Waals surface area contributed by atoms with Gasteiger partial charge in [0.25, 0.3) is 0 Å². The van der Waals surface area contributed by atoms with Gasteiger partial charge >= 0.3 is 0 Å². The molecule has 96 valence electrons.